The Morgan fingerprint density at radius 3 is 2.89 bits per heavy atom. The van der Waals surface area contributed by atoms with Crippen LogP contribution in [0.5, 0.6) is 0 Å². The number of alkyl halides is 1. The molecule has 2 atom stereocenters. The number of hydrogen-bond acceptors (Lipinski definition) is 2. The van der Waals surface area contributed by atoms with Crippen molar-refractivity contribution in [1.82, 2.24) is 15.1 Å². The van der Waals surface area contributed by atoms with Gasteiger partial charge in [0.15, 0.2) is 0 Å². The van der Waals surface area contributed by atoms with E-state index in [9.17, 15) is 4.79 Å². The average molecular weight is 314 g/mol. The van der Waals surface area contributed by atoms with Crippen LogP contribution in [0, 0.1) is 0 Å². The predicted molar refractivity (Wildman–Crippen MR) is 75.1 cm³/mol. The molecule has 1 aliphatic rings. The summed E-state index contributed by atoms with van der Waals surface area (Å²) < 4.78 is 1.78. The highest BCUT2D eigenvalue weighted by atomic mass is 79.9. The first-order valence-corrected chi connectivity index (χ1v) is 7.59. The Labute approximate surface area is 116 Å². The largest absolute Gasteiger partial charge is 0.347 e. The van der Waals surface area contributed by atoms with Crippen molar-refractivity contribution in [3.63, 3.8) is 0 Å². The van der Waals surface area contributed by atoms with Crippen LogP contribution >= 0.6 is 15.9 Å². The second kappa shape index (κ2) is 5.87. The van der Waals surface area contributed by atoms with Crippen LogP contribution in [0.4, 0.5) is 0 Å². The molecule has 0 saturated heterocycles. The number of hydrogen-bond donors (Lipinski definition) is 1. The first-order valence-electron chi connectivity index (χ1n) is 6.67. The molecule has 1 aromatic rings. The maximum atomic E-state index is 12.3. The summed E-state index contributed by atoms with van der Waals surface area (Å²) in [4.78, 5) is 12.7. The van der Waals surface area contributed by atoms with Crippen molar-refractivity contribution < 1.29 is 4.79 Å². The minimum Gasteiger partial charge on any atom is -0.347 e. The molecule has 2 rings (SSSR count). The fraction of sp³-hybridized carbons (Fsp3) is 0.692. The normalized spacial score (nSPS) is 23.3. The molecule has 1 aromatic heterocycles. The van der Waals surface area contributed by atoms with E-state index in [1.54, 1.807) is 4.68 Å². The number of carbonyl (C=O) groups excluding carboxylic acids is 1. The second-order valence-corrected chi connectivity index (χ2v) is 5.89. The van der Waals surface area contributed by atoms with Gasteiger partial charge in [-0.05, 0) is 32.3 Å². The fourth-order valence-corrected chi connectivity index (χ4v) is 3.11. The third-order valence-corrected chi connectivity index (χ3v) is 4.57. The lowest BCUT2D eigenvalue weighted by Gasteiger charge is -2.16. The minimum atomic E-state index is 0.000370. The van der Waals surface area contributed by atoms with Crippen LogP contribution in [0.2, 0.25) is 0 Å². The summed E-state index contributed by atoms with van der Waals surface area (Å²) in [5.74, 6) is 0.000370. The molecule has 1 amide bonds. The Morgan fingerprint density at radius 1 is 1.56 bits per heavy atom. The van der Waals surface area contributed by atoms with Gasteiger partial charge in [0.05, 0.1) is 5.69 Å². The van der Waals surface area contributed by atoms with Gasteiger partial charge in [-0.1, -0.05) is 29.3 Å². The van der Waals surface area contributed by atoms with Crippen molar-refractivity contribution in [2.45, 2.75) is 56.9 Å². The van der Waals surface area contributed by atoms with Crippen LogP contribution < -0.4 is 5.32 Å². The quantitative estimate of drug-likeness (QED) is 0.868. The number of aromatic nitrogens is 2. The fourth-order valence-electron chi connectivity index (χ4n) is 2.39. The average Bonchev–Trinajstić information content (AvgIpc) is 2.96. The summed E-state index contributed by atoms with van der Waals surface area (Å²) >= 11 is 3.62. The van der Waals surface area contributed by atoms with E-state index in [4.69, 9.17) is 0 Å². The molecular weight excluding hydrogens is 294 g/mol. The minimum absolute atomic E-state index is 0.000370. The van der Waals surface area contributed by atoms with Crippen LogP contribution in [0.3, 0.4) is 0 Å². The standard InChI is InChI=1S/C13H20BrN3O/c1-3-9-8-12(17(4-2)16-9)13(18)15-11-7-5-6-10(11)14/h8,10-11H,3-7H2,1-2H3,(H,15,18). The summed E-state index contributed by atoms with van der Waals surface area (Å²) in [5.41, 5.74) is 1.66. The van der Waals surface area contributed by atoms with Gasteiger partial charge >= 0.3 is 0 Å². The second-order valence-electron chi connectivity index (χ2n) is 4.72. The van der Waals surface area contributed by atoms with E-state index in [-0.39, 0.29) is 11.9 Å². The number of carbonyl (C=O) groups is 1. The molecule has 4 nitrogen and oxygen atoms in total. The summed E-state index contributed by atoms with van der Waals surface area (Å²) in [6, 6.07) is 2.15. The van der Waals surface area contributed by atoms with Crippen molar-refractivity contribution in [3.05, 3.63) is 17.5 Å². The Hall–Kier alpha value is -0.840. The van der Waals surface area contributed by atoms with Crippen LogP contribution in [0.1, 0.15) is 49.3 Å². The Balaban J connectivity index is 2.10. The van der Waals surface area contributed by atoms with E-state index in [1.165, 1.54) is 6.42 Å². The number of amides is 1. The van der Waals surface area contributed by atoms with Gasteiger partial charge in [-0.2, -0.15) is 5.10 Å². The van der Waals surface area contributed by atoms with Gasteiger partial charge in [-0.15, -0.1) is 0 Å². The van der Waals surface area contributed by atoms with Crippen molar-refractivity contribution in [2.24, 2.45) is 0 Å². The highest BCUT2D eigenvalue weighted by Gasteiger charge is 2.27. The molecule has 1 aliphatic carbocycles. The van der Waals surface area contributed by atoms with Crippen LogP contribution in [-0.4, -0.2) is 26.6 Å². The lowest BCUT2D eigenvalue weighted by Crippen LogP contribution is -2.38. The van der Waals surface area contributed by atoms with Crippen molar-refractivity contribution in [2.75, 3.05) is 0 Å². The summed E-state index contributed by atoms with van der Waals surface area (Å²) in [7, 11) is 0. The molecule has 100 valence electrons. The summed E-state index contributed by atoms with van der Waals surface area (Å²) in [6.45, 7) is 4.78. The molecule has 1 heterocycles. The van der Waals surface area contributed by atoms with E-state index < -0.39 is 0 Å². The smallest absolute Gasteiger partial charge is 0.269 e. The molecule has 0 radical (unpaired) electrons. The number of nitrogens with one attached hydrogen (secondary N) is 1. The van der Waals surface area contributed by atoms with Crippen LogP contribution in [-0.2, 0) is 13.0 Å². The molecule has 5 heteroatoms. The van der Waals surface area contributed by atoms with E-state index >= 15 is 0 Å². The predicted octanol–water partition coefficient (Wildman–Crippen LogP) is 2.51. The van der Waals surface area contributed by atoms with Crippen LogP contribution in [0.15, 0.2) is 6.07 Å². The molecule has 2 unspecified atom stereocenters. The first-order chi connectivity index (χ1) is 8.65. The molecule has 18 heavy (non-hydrogen) atoms. The van der Waals surface area contributed by atoms with Crippen molar-refractivity contribution in [1.29, 1.82) is 0 Å². The topological polar surface area (TPSA) is 46.9 Å². The SMILES string of the molecule is CCc1cc(C(=O)NC2CCCC2Br)n(CC)n1. The van der Waals surface area contributed by atoms with Crippen LogP contribution in [0.25, 0.3) is 0 Å². The zero-order valence-electron chi connectivity index (χ0n) is 10.9. The molecule has 1 fully saturated rings. The molecule has 0 bridgehead atoms. The van der Waals surface area contributed by atoms with Crippen molar-refractivity contribution in [3.8, 4) is 0 Å². The Bertz CT molecular complexity index is 430. The first kappa shape index (κ1) is 13.6. The van der Waals surface area contributed by atoms with Gasteiger partial charge < -0.3 is 5.32 Å². The van der Waals surface area contributed by atoms with E-state index in [0.29, 0.717) is 10.5 Å². The summed E-state index contributed by atoms with van der Waals surface area (Å²) in [6.07, 6.45) is 4.23. The van der Waals surface area contributed by atoms with Gasteiger partial charge in [0.25, 0.3) is 5.91 Å². The molecule has 0 aliphatic heterocycles. The van der Waals surface area contributed by atoms with E-state index in [1.807, 2.05) is 13.0 Å². The molecule has 1 saturated carbocycles. The van der Waals surface area contributed by atoms with Gasteiger partial charge in [0.1, 0.15) is 5.69 Å². The highest BCUT2D eigenvalue weighted by molar-refractivity contribution is 9.09. The third kappa shape index (κ3) is 2.76. The maximum absolute atomic E-state index is 12.3. The third-order valence-electron chi connectivity index (χ3n) is 3.47. The number of nitrogens with zero attached hydrogens (tertiary/aromatic N) is 2. The lowest BCUT2D eigenvalue weighted by molar-refractivity contribution is 0.0928. The van der Waals surface area contributed by atoms with E-state index in [0.717, 1.165) is 31.5 Å². The molecule has 1 N–H and O–H groups in total. The molecule has 0 spiro atoms. The zero-order valence-corrected chi connectivity index (χ0v) is 12.5. The lowest BCUT2D eigenvalue weighted by atomic mass is 10.2. The summed E-state index contributed by atoms with van der Waals surface area (Å²) in [5, 5.41) is 7.52. The number of aryl methyl sites for hydroxylation is 2. The van der Waals surface area contributed by atoms with Gasteiger partial charge in [0, 0.05) is 17.4 Å². The molecule has 0 aromatic carbocycles. The van der Waals surface area contributed by atoms with Crippen molar-refractivity contribution >= 4 is 21.8 Å². The van der Waals surface area contributed by atoms with Gasteiger partial charge in [-0.3, -0.25) is 9.48 Å². The Kier molecular flexibility index (Phi) is 4.43. The van der Waals surface area contributed by atoms with Gasteiger partial charge in [-0.25, -0.2) is 0 Å². The maximum Gasteiger partial charge on any atom is 0.269 e. The van der Waals surface area contributed by atoms with E-state index in [2.05, 4.69) is 33.3 Å². The zero-order chi connectivity index (χ0) is 13.1. The number of rotatable bonds is 4. The molecular formula is C13H20BrN3O. The highest BCUT2D eigenvalue weighted by Crippen LogP contribution is 2.25. The monoisotopic (exact) mass is 313 g/mol. The number of halogens is 1. The Morgan fingerprint density at radius 2 is 2.33 bits per heavy atom. The van der Waals surface area contributed by atoms with Gasteiger partial charge in [0.2, 0.25) is 0 Å².